The van der Waals surface area contributed by atoms with Crippen LogP contribution in [-0.4, -0.2) is 36.5 Å². The molecule has 13 heavy (non-hydrogen) atoms. The highest BCUT2D eigenvalue weighted by Crippen LogP contribution is 2.08. The van der Waals surface area contributed by atoms with Crippen molar-refractivity contribution in [2.24, 2.45) is 0 Å². The zero-order valence-electron chi connectivity index (χ0n) is 7.92. The first-order chi connectivity index (χ1) is 6.22. The lowest BCUT2D eigenvalue weighted by Gasteiger charge is -2.14. The van der Waals surface area contributed by atoms with Gasteiger partial charge in [0.05, 0.1) is 6.07 Å². The second-order valence-electron chi connectivity index (χ2n) is 3.39. The predicted molar refractivity (Wildman–Crippen MR) is 48.9 cm³/mol. The Hall–Kier alpha value is -1.08. The lowest BCUT2D eigenvalue weighted by molar-refractivity contribution is -0.119. The van der Waals surface area contributed by atoms with Crippen molar-refractivity contribution in [2.45, 2.75) is 25.8 Å². The minimum atomic E-state index is 0.0344. The monoisotopic (exact) mass is 181 g/mol. The fourth-order valence-electron chi connectivity index (χ4n) is 1.65. The van der Waals surface area contributed by atoms with Gasteiger partial charge in [-0.05, 0) is 6.42 Å². The van der Waals surface area contributed by atoms with Crippen molar-refractivity contribution in [3.8, 4) is 6.07 Å². The van der Waals surface area contributed by atoms with Gasteiger partial charge in [-0.25, -0.2) is 0 Å². The van der Waals surface area contributed by atoms with Gasteiger partial charge >= 0.3 is 0 Å². The van der Waals surface area contributed by atoms with Gasteiger partial charge in [0.25, 0.3) is 0 Å². The number of nitrogens with one attached hydrogen (secondary N) is 1. The van der Waals surface area contributed by atoms with E-state index in [4.69, 9.17) is 5.26 Å². The molecule has 1 heterocycles. The van der Waals surface area contributed by atoms with E-state index in [1.807, 2.05) is 0 Å². The summed E-state index contributed by atoms with van der Waals surface area (Å²) in [6, 6.07) is 2.41. The quantitative estimate of drug-likeness (QED) is 0.672. The molecule has 1 N–H and O–H groups in total. The Morgan fingerprint density at radius 1 is 1.77 bits per heavy atom. The van der Waals surface area contributed by atoms with Crippen molar-refractivity contribution in [3.63, 3.8) is 0 Å². The second-order valence-corrected chi connectivity index (χ2v) is 3.39. The van der Waals surface area contributed by atoms with Crippen molar-refractivity contribution >= 4 is 5.91 Å². The first-order valence-corrected chi connectivity index (χ1v) is 4.59. The molecule has 0 aromatic heterocycles. The summed E-state index contributed by atoms with van der Waals surface area (Å²) in [5.74, 6) is 0.0344. The largest absolute Gasteiger partial charge is 0.352 e. The van der Waals surface area contributed by atoms with Crippen molar-refractivity contribution < 1.29 is 4.79 Å². The number of hydrogen-bond donors (Lipinski definition) is 1. The number of carbonyl (C=O) groups excluding carboxylic acids is 1. The average Bonchev–Trinajstić information content (AvgIpc) is 2.48. The lowest BCUT2D eigenvalue weighted by atomic mass is 10.2. The van der Waals surface area contributed by atoms with Crippen molar-refractivity contribution in [2.75, 3.05) is 19.6 Å². The molecule has 0 spiro atoms. The minimum Gasteiger partial charge on any atom is -0.352 e. The maximum absolute atomic E-state index is 10.7. The number of amides is 1. The summed E-state index contributed by atoms with van der Waals surface area (Å²) in [5, 5.41) is 11.3. The van der Waals surface area contributed by atoms with E-state index in [1.165, 1.54) is 6.92 Å². The first kappa shape index (κ1) is 10.0. The van der Waals surface area contributed by atoms with Crippen molar-refractivity contribution in [1.29, 1.82) is 5.26 Å². The Bertz CT molecular complexity index is 221. The van der Waals surface area contributed by atoms with E-state index < -0.39 is 0 Å². The van der Waals surface area contributed by atoms with Crippen LogP contribution in [0.4, 0.5) is 0 Å². The molecule has 0 radical (unpaired) electrons. The van der Waals surface area contributed by atoms with Gasteiger partial charge in [0, 0.05) is 39.0 Å². The molecule has 1 rings (SSSR count). The molecule has 1 fully saturated rings. The van der Waals surface area contributed by atoms with Gasteiger partial charge in [0.15, 0.2) is 0 Å². The van der Waals surface area contributed by atoms with Crippen LogP contribution in [0.1, 0.15) is 19.8 Å². The van der Waals surface area contributed by atoms with Crippen molar-refractivity contribution in [1.82, 2.24) is 10.2 Å². The zero-order valence-corrected chi connectivity index (χ0v) is 7.92. The standard InChI is InChI=1S/C9H15N3O/c1-8(13)11-9-3-6-12(7-9)5-2-4-10/h9H,2-3,5-7H2,1H3,(H,11,13). The summed E-state index contributed by atoms with van der Waals surface area (Å²) in [4.78, 5) is 13.0. The SMILES string of the molecule is CC(=O)NC1CCN(CCC#N)C1. The van der Waals surface area contributed by atoms with Gasteiger partial charge in [-0.15, -0.1) is 0 Å². The Labute approximate surface area is 78.5 Å². The smallest absolute Gasteiger partial charge is 0.217 e. The molecule has 0 aromatic rings. The van der Waals surface area contributed by atoms with Crippen LogP contribution >= 0.6 is 0 Å². The van der Waals surface area contributed by atoms with Gasteiger partial charge in [-0.2, -0.15) is 5.26 Å². The molecule has 1 amide bonds. The van der Waals surface area contributed by atoms with Gasteiger partial charge in [0.1, 0.15) is 0 Å². The van der Waals surface area contributed by atoms with Crippen LogP contribution in [0.3, 0.4) is 0 Å². The third-order valence-electron chi connectivity index (χ3n) is 2.22. The molecule has 0 saturated carbocycles. The molecule has 1 saturated heterocycles. The van der Waals surface area contributed by atoms with Crippen LogP contribution in [-0.2, 0) is 4.79 Å². The number of likely N-dealkylation sites (tertiary alicyclic amines) is 1. The lowest BCUT2D eigenvalue weighted by Crippen LogP contribution is -2.35. The highest BCUT2D eigenvalue weighted by molar-refractivity contribution is 5.73. The molecule has 1 unspecified atom stereocenters. The molecule has 0 aliphatic carbocycles. The van der Waals surface area contributed by atoms with E-state index in [9.17, 15) is 4.79 Å². The Balaban J connectivity index is 2.20. The average molecular weight is 181 g/mol. The highest BCUT2D eigenvalue weighted by Gasteiger charge is 2.21. The maximum Gasteiger partial charge on any atom is 0.217 e. The van der Waals surface area contributed by atoms with Gasteiger partial charge in [0.2, 0.25) is 5.91 Å². The molecule has 1 aliphatic rings. The van der Waals surface area contributed by atoms with Crippen LogP contribution in [0.2, 0.25) is 0 Å². The number of nitrogens with zero attached hydrogens (tertiary/aromatic N) is 2. The van der Waals surface area contributed by atoms with E-state index in [0.29, 0.717) is 6.42 Å². The predicted octanol–water partition coefficient (Wildman–Crippen LogP) is 0.110. The first-order valence-electron chi connectivity index (χ1n) is 4.59. The van der Waals surface area contributed by atoms with Gasteiger partial charge < -0.3 is 10.2 Å². The van der Waals surface area contributed by atoms with Gasteiger partial charge in [-0.1, -0.05) is 0 Å². The molecule has 0 bridgehead atoms. The van der Waals surface area contributed by atoms with E-state index in [2.05, 4.69) is 16.3 Å². The van der Waals surface area contributed by atoms with Crippen LogP contribution in [0.25, 0.3) is 0 Å². The van der Waals surface area contributed by atoms with E-state index in [0.717, 1.165) is 26.1 Å². The summed E-state index contributed by atoms with van der Waals surface area (Å²) in [5.41, 5.74) is 0. The number of rotatable bonds is 3. The topological polar surface area (TPSA) is 56.1 Å². The van der Waals surface area contributed by atoms with Crippen LogP contribution < -0.4 is 5.32 Å². The van der Waals surface area contributed by atoms with Gasteiger partial charge in [-0.3, -0.25) is 4.79 Å². The van der Waals surface area contributed by atoms with Crippen LogP contribution in [0.5, 0.6) is 0 Å². The molecule has 0 aromatic carbocycles. The van der Waals surface area contributed by atoms with Crippen molar-refractivity contribution in [3.05, 3.63) is 0 Å². The normalized spacial score (nSPS) is 22.6. The fourth-order valence-corrected chi connectivity index (χ4v) is 1.65. The maximum atomic E-state index is 10.7. The summed E-state index contributed by atoms with van der Waals surface area (Å²) < 4.78 is 0. The Morgan fingerprint density at radius 3 is 3.15 bits per heavy atom. The zero-order chi connectivity index (χ0) is 9.68. The molecule has 72 valence electrons. The fraction of sp³-hybridized carbons (Fsp3) is 0.778. The minimum absolute atomic E-state index is 0.0344. The van der Waals surface area contributed by atoms with Crippen LogP contribution in [0.15, 0.2) is 0 Å². The second kappa shape index (κ2) is 4.83. The van der Waals surface area contributed by atoms with E-state index >= 15 is 0 Å². The molecule has 4 nitrogen and oxygen atoms in total. The summed E-state index contributed by atoms with van der Waals surface area (Å²) >= 11 is 0. The highest BCUT2D eigenvalue weighted by atomic mass is 16.1. The molecular weight excluding hydrogens is 166 g/mol. The molecule has 1 aliphatic heterocycles. The third-order valence-corrected chi connectivity index (χ3v) is 2.22. The third kappa shape index (κ3) is 3.43. The summed E-state index contributed by atoms with van der Waals surface area (Å²) in [6.07, 6.45) is 1.58. The van der Waals surface area contributed by atoms with E-state index in [-0.39, 0.29) is 11.9 Å². The molecular formula is C9H15N3O. The Kier molecular flexibility index (Phi) is 3.71. The summed E-state index contributed by atoms with van der Waals surface area (Å²) in [6.45, 7) is 4.25. The number of carbonyl (C=O) groups is 1. The molecule has 1 atom stereocenters. The molecule has 4 heteroatoms. The van der Waals surface area contributed by atoms with Crippen LogP contribution in [0, 0.1) is 11.3 Å². The number of nitriles is 1. The number of hydrogen-bond acceptors (Lipinski definition) is 3. The Morgan fingerprint density at radius 2 is 2.54 bits per heavy atom. The summed E-state index contributed by atoms with van der Waals surface area (Å²) in [7, 11) is 0. The van der Waals surface area contributed by atoms with E-state index in [1.54, 1.807) is 0 Å².